The molecule has 0 spiro atoms. The van der Waals surface area contributed by atoms with E-state index in [4.69, 9.17) is 9.47 Å². The number of hydrogen-bond donors (Lipinski definition) is 0. The molecule has 1 saturated carbocycles. The molecule has 1 aromatic rings. The molecule has 1 heterocycles. The fourth-order valence-electron chi connectivity index (χ4n) is 4.43. The Hall–Kier alpha value is -1.75. The average Bonchev–Trinajstić information content (AvgIpc) is 2.73. The molecule has 0 unspecified atom stereocenters. The van der Waals surface area contributed by atoms with Crippen molar-refractivity contribution in [3.8, 4) is 11.5 Å². The van der Waals surface area contributed by atoms with E-state index in [2.05, 4.69) is 18.7 Å². The van der Waals surface area contributed by atoms with Crippen LogP contribution < -0.4 is 9.47 Å². The summed E-state index contributed by atoms with van der Waals surface area (Å²) in [4.78, 5) is 17.4. The number of carbonyl (C=O) groups is 1. The predicted octanol–water partition coefficient (Wildman–Crippen LogP) is 4.35. The van der Waals surface area contributed by atoms with E-state index in [-0.39, 0.29) is 12.0 Å². The van der Waals surface area contributed by atoms with Gasteiger partial charge in [-0.25, -0.2) is 0 Å². The molecule has 0 bridgehead atoms. The molecular weight excluding hydrogens is 352 g/mol. The van der Waals surface area contributed by atoms with E-state index in [9.17, 15) is 4.79 Å². The molecule has 1 aliphatic carbocycles. The molecule has 5 nitrogen and oxygen atoms in total. The van der Waals surface area contributed by atoms with Crippen LogP contribution in [0.25, 0.3) is 0 Å². The summed E-state index contributed by atoms with van der Waals surface area (Å²) < 4.78 is 11.8. The van der Waals surface area contributed by atoms with Gasteiger partial charge in [-0.2, -0.15) is 0 Å². The third kappa shape index (κ3) is 4.99. The smallest absolute Gasteiger partial charge is 0.253 e. The minimum Gasteiger partial charge on any atom is -0.493 e. The van der Waals surface area contributed by atoms with Crippen molar-refractivity contribution in [3.63, 3.8) is 0 Å². The number of rotatable bonds is 6. The Bertz CT molecular complexity index is 647. The van der Waals surface area contributed by atoms with Crippen LogP contribution in [0.15, 0.2) is 18.2 Å². The SMILES string of the molecule is COc1ccc(C(=O)N(C)C2CCCCC2)cc1OC1CCN(C(C)C)CC1. The fraction of sp³-hybridized carbons (Fsp3) is 0.696. The van der Waals surface area contributed by atoms with Crippen LogP contribution in [-0.2, 0) is 0 Å². The molecule has 1 amide bonds. The molecule has 3 rings (SSSR count). The van der Waals surface area contributed by atoms with Crippen LogP contribution in [-0.4, -0.2) is 61.1 Å². The first-order valence-corrected chi connectivity index (χ1v) is 10.9. The number of nitrogens with zero attached hydrogens (tertiary/aromatic N) is 2. The second kappa shape index (κ2) is 9.64. The van der Waals surface area contributed by atoms with E-state index in [1.165, 1.54) is 19.3 Å². The summed E-state index contributed by atoms with van der Waals surface area (Å²) >= 11 is 0. The van der Waals surface area contributed by atoms with Crippen molar-refractivity contribution in [2.24, 2.45) is 0 Å². The standard InChI is InChI=1S/C23H36N2O3/c1-17(2)25-14-12-20(13-15-25)28-22-16-18(10-11-21(22)27-4)23(26)24(3)19-8-6-5-7-9-19/h10-11,16-17,19-20H,5-9,12-15H2,1-4H3. The van der Waals surface area contributed by atoms with Gasteiger partial charge in [-0.1, -0.05) is 19.3 Å². The highest BCUT2D eigenvalue weighted by molar-refractivity contribution is 5.95. The molecule has 1 aliphatic heterocycles. The van der Waals surface area contributed by atoms with Gasteiger partial charge in [0.15, 0.2) is 11.5 Å². The van der Waals surface area contributed by atoms with E-state index < -0.39 is 0 Å². The van der Waals surface area contributed by atoms with Crippen LogP contribution in [0.4, 0.5) is 0 Å². The highest BCUT2D eigenvalue weighted by Gasteiger charge is 2.26. The number of piperidine rings is 1. The largest absolute Gasteiger partial charge is 0.493 e. The minimum atomic E-state index is 0.0778. The van der Waals surface area contributed by atoms with E-state index in [1.807, 2.05) is 30.1 Å². The lowest BCUT2D eigenvalue weighted by molar-refractivity contribution is 0.0691. The molecule has 2 fully saturated rings. The quantitative estimate of drug-likeness (QED) is 0.726. The Balaban J connectivity index is 1.68. The second-order valence-corrected chi connectivity index (χ2v) is 8.52. The zero-order valence-electron chi connectivity index (χ0n) is 17.9. The van der Waals surface area contributed by atoms with Gasteiger partial charge in [0, 0.05) is 37.8 Å². The summed E-state index contributed by atoms with van der Waals surface area (Å²) in [5.74, 6) is 1.46. The molecule has 0 aromatic heterocycles. The van der Waals surface area contributed by atoms with Gasteiger partial charge in [0.1, 0.15) is 6.10 Å². The third-order valence-corrected chi connectivity index (χ3v) is 6.35. The minimum absolute atomic E-state index is 0.0778. The van der Waals surface area contributed by atoms with Crippen LogP contribution in [0.5, 0.6) is 11.5 Å². The Kier molecular flexibility index (Phi) is 7.22. The van der Waals surface area contributed by atoms with Crippen molar-refractivity contribution in [3.05, 3.63) is 23.8 Å². The van der Waals surface area contributed by atoms with Crippen molar-refractivity contribution in [2.45, 2.75) is 77.0 Å². The number of carbonyl (C=O) groups excluding carboxylic acids is 1. The average molecular weight is 389 g/mol. The zero-order chi connectivity index (χ0) is 20.1. The third-order valence-electron chi connectivity index (χ3n) is 6.35. The van der Waals surface area contributed by atoms with Gasteiger partial charge in [-0.3, -0.25) is 4.79 Å². The highest BCUT2D eigenvalue weighted by atomic mass is 16.5. The van der Waals surface area contributed by atoms with Gasteiger partial charge in [-0.05, 0) is 57.7 Å². The molecule has 0 N–H and O–H groups in total. The van der Waals surface area contributed by atoms with Crippen molar-refractivity contribution >= 4 is 5.91 Å². The number of benzene rings is 1. The van der Waals surface area contributed by atoms with E-state index in [0.717, 1.165) is 38.8 Å². The first-order valence-electron chi connectivity index (χ1n) is 10.9. The molecule has 0 atom stereocenters. The van der Waals surface area contributed by atoms with Gasteiger partial charge < -0.3 is 19.3 Å². The summed E-state index contributed by atoms with van der Waals surface area (Å²) in [7, 11) is 3.59. The van der Waals surface area contributed by atoms with E-state index >= 15 is 0 Å². The Morgan fingerprint density at radius 3 is 2.36 bits per heavy atom. The molecule has 156 valence electrons. The molecule has 2 aliphatic rings. The van der Waals surface area contributed by atoms with Crippen LogP contribution in [0.3, 0.4) is 0 Å². The lowest BCUT2D eigenvalue weighted by Crippen LogP contribution is -2.41. The summed E-state index contributed by atoms with van der Waals surface area (Å²) in [6.45, 7) is 6.58. The van der Waals surface area contributed by atoms with Crippen LogP contribution in [0, 0.1) is 0 Å². The summed E-state index contributed by atoms with van der Waals surface area (Å²) in [5.41, 5.74) is 0.684. The fourth-order valence-corrected chi connectivity index (χ4v) is 4.43. The van der Waals surface area contributed by atoms with Gasteiger partial charge in [0.25, 0.3) is 5.91 Å². The monoisotopic (exact) mass is 388 g/mol. The maximum atomic E-state index is 13.0. The van der Waals surface area contributed by atoms with Gasteiger partial charge in [0.05, 0.1) is 7.11 Å². The Morgan fingerprint density at radius 2 is 1.75 bits per heavy atom. The number of likely N-dealkylation sites (tertiary alicyclic amines) is 1. The zero-order valence-corrected chi connectivity index (χ0v) is 17.9. The first kappa shape index (κ1) is 21.0. The molecule has 0 radical (unpaired) electrons. The molecule has 5 heteroatoms. The lowest BCUT2D eigenvalue weighted by atomic mass is 9.94. The summed E-state index contributed by atoms with van der Waals surface area (Å²) in [5, 5.41) is 0. The Morgan fingerprint density at radius 1 is 1.07 bits per heavy atom. The number of ether oxygens (including phenoxy) is 2. The normalized spacial score (nSPS) is 19.6. The Labute approximate surface area is 170 Å². The molecule has 1 aromatic carbocycles. The van der Waals surface area contributed by atoms with Crippen LogP contribution >= 0.6 is 0 Å². The van der Waals surface area contributed by atoms with Gasteiger partial charge in [-0.15, -0.1) is 0 Å². The first-order chi connectivity index (χ1) is 13.5. The summed E-state index contributed by atoms with van der Waals surface area (Å²) in [6.07, 6.45) is 8.11. The van der Waals surface area contributed by atoms with Crippen molar-refractivity contribution < 1.29 is 14.3 Å². The van der Waals surface area contributed by atoms with E-state index in [1.54, 1.807) is 7.11 Å². The molecule has 1 saturated heterocycles. The highest BCUT2D eigenvalue weighted by Crippen LogP contribution is 2.32. The number of hydrogen-bond acceptors (Lipinski definition) is 4. The van der Waals surface area contributed by atoms with Gasteiger partial charge >= 0.3 is 0 Å². The molecular formula is C23H36N2O3. The maximum Gasteiger partial charge on any atom is 0.253 e. The predicted molar refractivity (Wildman–Crippen MR) is 112 cm³/mol. The van der Waals surface area contributed by atoms with Crippen LogP contribution in [0.1, 0.15) is 69.2 Å². The van der Waals surface area contributed by atoms with Crippen molar-refractivity contribution in [1.29, 1.82) is 0 Å². The van der Waals surface area contributed by atoms with E-state index in [0.29, 0.717) is 29.1 Å². The molecule has 28 heavy (non-hydrogen) atoms. The second-order valence-electron chi connectivity index (χ2n) is 8.52. The number of amides is 1. The maximum absolute atomic E-state index is 13.0. The van der Waals surface area contributed by atoms with Crippen molar-refractivity contribution in [2.75, 3.05) is 27.2 Å². The van der Waals surface area contributed by atoms with Crippen molar-refractivity contribution in [1.82, 2.24) is 9.80 Å². The summed E-state index contributed by atoms with van der Waals surface area (Å²) in [6, 6.07) is 6.52. The lowest BCUT2D eigenvalue weighted by Gasteiger charge is -2.35. The van der Waals surface area contributed by atoms with Gasteiger partial charge in [0.2, 0.25) is 0 Å². The number of methoxy groups -OCH3 is 1. The topological polar surface area (TPSA) is 42.0 Å². The van der Waals surface area contributed by atoms with Crippen LogP contribution in [0.2, 0.25) is 0 Å².